The second-order valence-corrected chi connectivity index (χ2v) is 7.30. The third kappa shape index (κ3) is 1.96. The lowest BCUT2D eigenvalue weighted by Crippen LogP contribution is -2.34. The van der Waals surface area contributed by atoms with E-state index in [1.165, 1.54) is 18.2 Å². The molecule has 2 heterocycles. The summed E-state index contributed by atoms with van der Waals surface area (Å²) >= 11 is 12.3. The third-order valence-corrected chi connectivity index (χ3v) is 5.72. The summed E-state index contributed by atoms with van der Waals surface area (Å²) in [5.41, 5.74) is 6.31. The van der Waals surface area contributed by atoms with E-state index in [0.29, 0.717) is 16.7 Å². The Morgan fingerprint density at radius 3 is 2.46 bits per heavy atom. The predicted molar refractivity (Wildman–Crippen MR) is 102 cm³/mol. The van der Waals surface area contributed by atoms with Crippen LogP contribution in [0.25, 0.3) is 0 Å². The van der Waals surface area contributed by atoms with Crippen LogP contribution in [0.4, 0.5) is 5.69 Å². The number of anilines is 1. The van der Waals surface area contributed by atoms with Crippen LogP contribution in [0.2, 0.25) is 10.0 Å². The molecule has 0 aliphatic carbocycles. The summed E-state index contributed by atoms with van der Waals surface area (Å²) in [5.74, 6) is -0.685. The highest BCUT2D eigenvalue weighted by Gasteiger charge is 2.55. The highest BCUT2D eigenvalue weighted by atomic mass is 35.5. The lowest BCUT2D eigenvalue weighted by Gasteiger charge is -2.37. The number of phenolic OH excluding ortho intramolecular Hbond substituents is 2. The maximum Gasteiger partial charge on any atom is 0.340 e. The van der Waals surface area contributed by atoms with Gasteiger partial charge in [-0.15, -0.1) is 0 Å². The van der Waals surface area contributed by atoms with Gasteiger partial charge in [-0.05, 0) is 12.1 Å². The average molecular weight is 416 g/mol. The fraction of sp³-hybridized carbons (Fsp3) is 0.0500. The monoisotopic (exact) mass is 415 g/mol. The number of nitrogens with two attached hydrogens (primary N) is 1. The molecule has 0 aromatic heterocycles. The first-order valence-electron chi connectivity index (χ1n) is 8.19. The normalized spacial score (nSPS) is 18.9. The number of rotatable bonds is 0. The number of carbonyl (C=O) groups excluding carboxylic acids is 1. The van der Waals surface area contributed by atoms with E-state index < -0.39 is 11.6 Å². The molecule has 6 nitrogen and oxygen atoms in total. The molecule has 0 amide bonds. The second kappa shape index (κ2) is 5.47. The number of phenols is 2. The van der Waals surface area contributed by atoms with E-state index in [-0.39, 0.29) is 44.3 Å². The molecule has 1 unspecified atom stereocenters. The number of aromatic hydroxyl groups is 2. The van der Waals surface area contributed by atoms with Crippen molar-refractivity contribution in [2.45, 2.75) is 5.60 Å². The number of fused-ring (bicyclic) bond motifs is 6. The molecule has 2 aliphatic heterocycles. The lowest BCUT2D eigenvalue weighted by molar-refractivity contribution is 0.0227. The summed E-state index contributed by atoms with van der Waals surface area (Å²) < 4.78 is 11.8. The summed E-state index contributed by atoms with van der Waals surface area (Å²) in [5, 5.41) is 20.1. The SMILES string of the molecule is Nc1c(Cl)c(O)cc2c1C1(OC(=O)c3ccccc31)c1cc(Cl)c(O)cc1O2. The van der Waals surface area contributed by atoms with E-state index >= 15 is 0 Å². The molecule has 1 spiro atoms. The number of benzene rings is 3. The minimum atomic E-state index is -1.49. The molecule has 4 N–H and O–H groups in total. The summed E-state index contributed by atoms with van der Waals surface area (Å²) in [7, 11) is 0. The smallest absolute Gasteiger partial charge is 0.340 e. The number of ether oxygens (including phenoxy) is 2. The molecular formula is C20H11Cl2NO5. The summed E-state index contributed by atoms with van der Waals surface area (Å²) in [4.78, 5) is 12.7. The van der Waals surface area contributed by atoms with Crippen molar-refractivity contribution >= 4 is 34.9 Å². The van der Waals surface area contributed by atoms with Crippen molar-refractivity contribution in [3.05, 3.63) is 74.8 Å². The molecule has 3 aromatic carbocycles. The molecule has 0 bridgehead atoms. The van der Waals surface area contributed by atoms with E-state index in [4.69, 9.17) is 38.4 Å². The molecule has 140 valence electrons. The molecule has 5 rings (SSSR count). The van der Waals surface area contributed by atoms with Crippen LogP contribution < -0.4 is 10.5 Å². The largest absolute Gasteiger partial charge is 0.506 e. The van der Waals surface area contributed by atoms with Gasteiger partial charge in [-0.3, -0.25) is 0 Å². The Balaban J connectivity index is 1.97. The van der Waals surface area contributed by atoms with Gasteiger partial charge in [0, 0.05) is 23.3 Å². The molecule has 0 saturated carbocycles. The average Bonchev–Trinajstić information content (AvgIpc) is 2.95. The molecule has 3 aromatic rings. The van der Waals surface area contributed by atoms with Gasteiger partial charge >= 0.3 is 5.97 Å². The van der Waals surface area contributed by atoms with E-state index in [1.54, 1.807) is 24.3 Å². The number of hydrogen-bond donors (Lipinski definition) is 3. The van der Waals surface area contributed by atoms with Crippen LogP contribution in [-0.4, -0.2) is 16.2 Å². The second-order valence-electron chi connectivity index (χ2n) is 6.51. The molecule has 28 heavy (non-hydrogen) atoms. The van der Waals surface area contributed by atoms with Crippen LogP contribution >= 0.6 is 23.2 Å². The van der Waals surface area contributed by atoms with E-state index in [9.17, 15) is 15.0 Å². The topological polar surface area (TPSA) is 102 Å². The fourth-order valence-electron chi connectivity index (χ4n) is 3.84. The molecular weight excluding hydrogens is 405 g/mol. The number of carbonyl (C=O) groups is 1. The van der Waals surface area contributed by atoms with Crippen molar-refractivity contribution in [1.82, 2.24) is 0 Å². The van der Waals surface area contributed by atoms with Crippen LogP contribution in [0, 0.1) is 0 Å². The molecule has 2 aliphatic rings. The number of halogens is 2. The first kappa shape index (κ1) is 17.0. The fourth-order valence-corrected chi connectivity index (χ4v) is 4.15. The Morgan fingerprint density at radius 1 is 0.964 bits per heavy atom. The summed E-state index contributed by atoms with van der Waals surface area (Å²) in [6, 6.07) is 10.9. The quantitative estimate of drug-likeness (QED) is 0.367. The maximum atomic E-state index is 12.7. The standard InChI is InChI=1S/C20H11Cl2NO5/c21-11-5-10-14(6-12(11)24)27-15-7-13(25)17(22)18(23)16(15)20(10)9-4-2-1-3-8(9)19(26)28-20/h1-7,24-25H,23H2. The molecule has 8 heteroatoms. The Morgan fingerprint density at radius 2 is 1.68 bits per heavy atom. The van der Waals surface area contributed by atoms with Gasteiger partial charge in [0.05, 0.1) is 21.8 Å². The van der Waals surface area contributed by atoms with Crippen LogP contribution in [0.1, 0.15) is 27.0 Å². The minimum absolute atomic E-state index is 0.0102. The van der Waals surface area contributed by atoms with Gasteiger partial charge in [-0.25, -0.2) is 4.79 Å². The Kier molecular flexibility index (Phi) is 3.33. The number of esters is 1. The van der Waals surface area contributed by atoms with Crippen LogP contribution in [-0.2, 0) is 10.3 Å². The predicted octanol–water partition coefficient (Wildman–Crippen LogP) is 4.55. The minimum Gasteiger partial charge on any atom is -0.506 e. The zero-order valence-electron chi connectivity index (χ0n) is 14.0. The lowest BCUT2D eigenvalue weighted by atomic mass is 9.77. The highest BCUT2D eigenvalue weighted by molar-refractivity contribution is 6.35. The van der Waals surface area contributed by atoms with E-state index in [1.807, 2.05) is 0 Å². The van der Waals surface area contributed by atoms with E-state index in [2.05, 4.69) is 0 Å². The summed E-state index contributed by atoms with van der Waals surface area (Å²) in [6.07, 6.45) is 0. The van der Waals surface area contributed by atoms with Gasteiger partial charge < -0.3 is 25.4 Å². The van der Waals surface area contributed by atoms with Gasteiger partial charge in [-0.1, -0.05) is 41.4 Å². The van der Waals surface area contributed by atoms with Crippen LogP contribution in [0.5, 0.6) is 23.0 Å². The Bertz CT molecular complexity index is 1210. The van der Waals surface area contributed by atoms with Crippen molar-refractivity contribution < 1.29 is 24.5 Å². The van der Waals surface area contributed by atoms with Gasteiger partial charge in [0.15, 0.2) is 5.60 Å². The molecule has 0 saturated heterocycles. The molecule has 1 atom stereocenters. The Labute approximate surface area is 168 Å². The number of hydrogen-bond acceptors (Lipinski definition) is 6. The highest BCUT2D eigenvalue weighted by Crippen LogP contribution is 2.60. The first-order valence-corrected chi connectivity index (χ1v) is 8.95. The first-order chi connectivity index (χ1) is 13.3. The zero-order chi connectivity index (χ0) is 19.8. The molecule has 0 fully saturated rings. The van der Waals surface area contributed by atoms with Crippen molar-refractivity contribution in [3.8, 4) is 23.0 Å². The van der Waals surface area contributed by atoms with Gasteiger partial charge in [-0.2, -0.15) is 0 Å². The van der Waals surface area contributed by atoms with Crippen LogP contribution in [0.15, 0.2) is 42.5 Å². The maximum absolute atomic E-state index is 12.7. The van der Waals surface area contributed by atoms with Crippen molar-refractivity contribution in [1.29, 1.82) is 0 Å². The van der Waals surface area contributed by atoms with Crippen molar-refractivity contribution in [2.24, 2.45) is 0 Å². The van der Waals surface area contributed by atoms with Crippen LogP contribution in [0.3, 0.4) is 0 Å². The zero-order valence-corrected chi connectivity index (χ0v) is 15.5. The van der Waals surface area contributed by atoms with Gasteiger partial charge in [0.2, 0.25) is 0 Å². The number of nitrogen functional groups attached to an aromatic ring is 1. The molecule has 0 radical (unpaired) electrons. The van der Waals surface area contributed by atoms with Crippen molar-refractivity contribution in [2.75, 3.05) is 5.73 Å². The van der Waals surface area contributed by atoms with Gasteiger partial charge in [0.25, 0.3) is 0 Å². The van der Waals surface area contributed by atoms with E-state index in [0.717, 1.165) is 0 Å². The Hall–Kier alpha value is -3.09. The summed E-state index contributed by atoms with van der Waals surface area (Å²) in [6.45, 7) is 0. The van der Waals surface area contributed by atoms with Gasteiger partial charge in [0.1, 0.15) is 28.0 Å². The third-order valence-electron chi connectivity index (χ3n) is 5.02. The van der Waals surface area contributed by atoms with Crippen molar-refractivity contribution in [3.63, 3.8) is 0 Å².